The van der Waals surface area contributed by atoms with Crippen LogP contribution in [0.5, 0.6) is 0 Å². The first-order valence-corrected chi connectivity index (χ1v) is 5.66. The first kappa shape index (κ1) is 11.4. The van der Waals surface area contributed by atoms with Crippen LogP contribution in [0.15, 0.2) is 18.2 Å². The zero-order chi connectivity index (χ0) is 12.3. The normalized spacial score (nSPS) is 15.4. The van der Waals surface area contributed by atoms with Crippen LogP contribution in [0.3, 0.4) is 0 Å². The van der Waals surface area contributed by atoms with E-state index < -0.39 is 0 Å². The minimum absolute atomic E-state index is 0.0888. The maximum absolute atomic E-state index is 11.0. The fraction of sp³-hybridized carbons (Fsp3) is 0.417. The molecule has 1 aliphatic heterocycles. The van der Waals surface area contributed by atoms with Crippen molar-refractivity contribution in [1.29, 1.82) is 5.26 Å². The predicted octanol–water partition coefficient (Wildman–Crippen LogP) is 2.46. The van der Waals surface area contributed by atoms with Gasteiger partial charge in [-0.1, -0.05) is 0 Å². The molecule has 1 aliphatic rings. The van der Waals surface area contributed by atoms with Crippen LogP contribution in [0.25, 0.3) is 0 Å². The van der Waals surface area contributed by atoms with Crippen LogP contribution in [-0.2, 0) is 0 Å². The summed E-state index contributed by atoms with van der Waals surface area (Å²) in [4.78, 5) is 12.6. The number of nitro benzene ring substituents is 1. The topological polar surface area (TPSA) is 70.2 Å². The van der Waals surface area contributed by atoms with Gasteiger partial charge in [0.2, 0.25) is 0 Å². The summed E-state index contributed by atoms with van der Waals surface area (Å²) in [5.41, 5.74) is 1.14. The van der Waals surface area contributed by atoms with Crippen molar-refractivity contribution in [3.63, 3.8) is 0 Å². The van der Waals surface area contributed by atoms with E-state index in [0.29, 0.717) is 11.3 Å². The molecule has 0 aromatic heterocycles. The number of nitro groups is 1. The highest BCUT2D eigenvalue weighted by Crippen LogP contribution is 2.31. The van der Waals surface area contributed by atoms with Gasteiger partial charge >= 0.3 is 0 Å². The van der Waals surface area contributed by atoms with Gasteiger partial charge in [-0.05, 0) is 31.4 Å². The number of anilines is 1. The van der Waals surface area contributed by atoms with Crippen molar-refractivity contribution in [1.82, 2.24) is 0 Å². The Balaban J connectivity index is 2.41. The number of nitrogens with zero attached hydrogens (tertiary/aromatic N) is 3. The Morgan fingerprint density at radius 1 is 1.29 bits per heavy atom. The Kier molecular flexibility index (Phi) is 3.24. The highest BCUT2D eigenvalue weighted by molar-refractivity contribution is 5.66. The van der Waals surface area contributed by atoms with Crippen LogP contribution >= 0.6 is 0 Å². The lowest BCUT2D eigenvalue weighted by molar-refractivity contribution is -0.384. The van der Waals surface area contributed by atoms with Gasteiger partial charge < -0.3 is 4.90 Å². The van der Waals surface area contributed by atoms with Crippen molar-refractivity contribution in [3.8, 4) is 6.07 Å². The summed E-state index contributed by atoms with van der Waals surface area (Å²) in [6, 6.07) is 6.55. The quantitative estimate of drug-likeness (QED) is 0.579. The number of hydrogen-bond donors (Lipinski definition) is 0. The van der Waals surface area contributed by atoms with E-state index in [-0.39, 0.29) is 10.6 Å². The second-order valence-corrected chi connectivity index (χ2v) is 4.12. The summed E-state index contributed by atoms with van der Waals surface area (Å²) in [5.74, 6) is 0. The van der Waals surface area contributed by atoms with E-state index in [1.165, 1.54) is 18.6 Å². The van der Waals surface area contributed by atoms with Crippen molar-refractivity contribution < 1.29 is 4.92 Å². The summed E-state index contributed by atoms with van der Waals surface area (Å²) in [7, 11) is 0. The van der Waals surface area contributed by atoms with Gasteiger partial charge in [0, 0.05) is 19.2 Å². The van der Waals surface area contributed by atoms with Crippen LogP contribution in [0.2, 0.25) is 0 Å². The van der Waals surface area contributed by atoms with Gasteiger partial charge in [-0.2, -0.15) is 5.26 Å². The smallest absolute Gasteiger partial charge is 0.292 e. The third kappa shape index (κ3) is 2.36. The molecular formula is C12H13N3O2. The Morgan fingerprint density at radius 2 is 2.00 bits per heavy atom. The van der Waals surface area contributed by atoms with Gasteiger partial charge in [-0.3, -0.25) is 10.1 Å². The zero-order valence-electron chi connectivity index (χ0n) is 9.43. The van der Waals surface area contributed by atoms with Crippen LogP contribution < -0.4 is 4.90 Å². The second kappa shape index (κ2) is 4.83. The minimum atomic E-state index is -0.384. The van der Waals surface area contributed by atoms with Crippen molar-refractivity contribution in [3.05, 3.63) is 33.9 Å². The number of rotatable bonds is 2. The molecule has 0 N–H and O–H groups in total. The van der Waals surface area contributed by atoms with E-state index in [2.05, 4.69) is 0 Å². The van der Waals surface area contributed by atoms with E-state index in [1.807, 2.05) is 11.0 Å². The van der Waals surface area contributed by atoms with Crippen molar-refractivity contribution in [2.24, 2.45) is 0 Å². The van der Waals surface area contributed by atoms with Crippen molar-refractivity contribution in [2.45, 2.75) is 19.3 Å². The molecule has 0 aliphatic carbocycles. The van der Waals surface area contributed by atoms with Gasteiger partial charge in [0.1, 0.15) is 5.69 Å². The summed E-state index contributed by atoms with van der Waals surface area (Å²) in [6.07, 6.45) is 3.27. The first-order chi connectivity index (χ1) is 8.22. The van der Waals surface area contributed by atoms with E-state index in [9.17, 15) is 10.1 Å². The molecule has 5 nitrogen and oxygen atoms in total. The van der Waals surface area contributed by atoms with E-state index >= 15 is 0 Å². The Labute approximate surface area is 99.4 Å². The molecule has 0 bridgehead atoms. The van der Waals surface area contributed by atoms with Crippen LogP contribution in [0.4, 0.5) is 11.4 Å². The molecule has 1 aromatic rings. The van der Waals surface area contributed by atoms with Gasteiger partial charge in [0.05, 0.1) is 16.6 Å². The molecule has 0 radical (unpaired) electrons. The second-order valence-electron chi connectivity index (χ2n) is 4.12. The predicted molar refractivity (Wildman–Crippen MR) is 63.9 cm³/mol. The molecule has 1 heterocycles. The highest BCUT2D eigenvalue weighted by Gasteiger charge is 2.21. The molecule has 0 atom stereocenters. The average molecular weight is 231 g/mol. The molecular weight excluding hydrogens is 218 g/mol. The number of benzene rings is 1. The van der Waals surface area contributed by atoms with Crippen LogP contribution in [-0.4, -0.2) is 18.0 Å². The van der Waals surface area contributed by atoms with Crippen LogP contribution in [0, 0.1) is 21.4 Å². The molecule has 0 spiro atoms. The Hall–Kier alpha value is -2.09. The van der Waals surface area contributed by atoms with Crippen LogP contribution in [0.1, 0.15) is 24.8 Å². The molecule has 5 heteroatoms. The molecule has 1 saturated heterocycles. The molecule has 1 aromatic carbocycles. The Morgan fingerprint density at radius 3 is 2.59 bits per heavy atom. The van der Waals surface area contributed by atoms with Crippen molar-refractivity contribution >= 4 is 11.4 Å². The summed E-state index contributed by atoms with van der Waals surface area (Å²) in [5, 5.41) is 19.8. The lowest BCUT2D eigenvalue weighted by Gasteiger charge is -2.28. The van der Waals surface area contributed by atoms with Gasteiger partial charge in [-0.25, -0.2) is 0 Å². The maximum atomic E-state index is 11.0. The summed E-state index contributed by atoms with van der Waals surface area (Å²) >= 11 is 0. The summed E-state index contributed by atoms with van der Waals surface area (Å²) < 4.78 is 0. The maximum Gasteiger partial charge on any atom is 0.292 e. The molecule has 1 fully saturated rings. The van der Waals surface area contributed by atoms with E-state index in [0.717, 1.165) is 25.9 Å². The lowest BCUT2D eigenvalue weighted by Crippen LogP contribution is -2.30. The standard InChI is InChI=1S/C12H13N3O2/c13-9-10-4-5-11(15(16)17)12(8-10)14-6-2-1-3-7-14/h4-5,8H,1-3,6-7H2. The third-order valence-electron chi connectivity index (χ3n) is 3.00. The van der Waals surface area contributed by atoms with Crippen molar-refractivity contribution in [2.75, 3.05) is 18.0 Å². The van der Waals surface area contributed by atoms with Gasteiger partial charge in [0.15, 0.2) is 0 Å². The molecule has 17 heavy (non-hydrogen) atoms. The fourth-order valence-corrected chi connectivity index (χ4v) is 2.14. The average Bonchev–Trinajstić information content (AvgIpc) is 2.39. The van der Waals surface area contributed by atoms with Gasteiger partial charge in [0.25, 0.3) is 5.69 Å². The zero-order valence-corrected chi connectivity index (χ0v) is 9.43. The molecule has 2 rings (SSSR count). The highest BCUT2D eigenvalue weighted by atomic mass is 16.6. The SMILES string of the molecule is N#Cc1ccc([N+](=O)[O-])c(N2CCCCC2)c1. The largest absolute Gasteiger partial charge is 0.366 e. The first-order valence-electron chi connectivity index (χ1n) is 5.66. The number of nitriles is 1. The lowest BCUT2D eigenvalue weighted by atomic mass is 10.1. The fourth-order valence-electron chi connectivity index (χ4n) is 2.14. The third-order valence-corrected chi connectivity index (χ3v) is 3.00. The molecule has 0 saturated carbocycles. The Bertz CT molecular complexity index is 473. The summed E-state index contributed by atoms with van der Waals surface area (Å²) in [6.45, 7) is 1.66. The molecule has 0 amide bonds. The number of piperidine rings is 1. The molecule has 88 valence electrons. The molecule has 0 unspecified atom stereocenters. The monoisotopic (exact) mass is 231 g/mol. The van der Waals surface area contributed by atoms with E-state index in [4.69, 9.17) is 5.26 Å². The number of hydrogen-bond acceptors (Lipinski definition) is 4. The van der Waals surface area contributed by atoms with Gasteiger partial charge in [-0.15, -0.1) is 0 Å². The minimum Gasteiger partial charge on any atom is -0.366 e. The van der Waals surface area contributed by atoms with E-state index in [1.54, 1.807) is 6.07 Å².